The number of morpholine rings is 1. The zero-order valence-corrected chi connectivity index (χ0v) is 12.1. The minimum absolute atomic E-state index is 0.188. The van der Waals surface area contributed by atoms with Crippen LogP contribution < -0.4 is 10.6 Å². The molecule has 6 nitrogen and oxygen atoms in total. The fourth-order valence-electron chi connectivity index (χ4n) is 2.06. The van der Waals surface area contributed by atoms with Gasteiger partial charge in [0.25, 0.3) is 0 Å². The van der Waals surface area contributed by atoms with Gasteiger partial charge in [0.2, 0.25) is 0 Å². The van der Waals surface area contributed by atoms with Gasteiger partial charge in [0, 0.05) is 13.1 Å². The molecule has 2 heterocycles. The summed E-state index contributed by atoms with van der Waals surface area (Å²) in [6, 6.07) is 5.53. The summed E-state index contributed by atoms with van der Waals surface area (Å²) in [5, 5.41) is 0. The van der Waals surface area contributed by atoms with Crippen molar-refractivity contribution in [2.24, 2.45) is 5.73 Å². The summed E-state index contributed by atoms with van der Waals surface area (Å²) in [6.07, 6.45) is 0.0496. The predicted molar refractivity (Wildman–Crippen MR) is 78.7 cm³/mol. The number of esters is 1. The van der Waals surface area contributed by atoms with Crippen molar-refractivity contribution < 1.29 is 14.3 Å². The molecule has 0 saturated carbocycles. The van der Waals surface area contributed by atoms with Crippen molar-refractivity contribution in [3.63, 3.8) is 0 Å². The van der Waals surface area contributed by atoms with E-state index >= 15 is 0 Å². The molecular weight excluding hydrogens is 278 g/mol. The lowest BCUT2D eigenvalue weighted by atomic mass is 10.2. The fourth-order valence-corrected chi connectivity index (χ4v) is 2.17. The number of thiocarbonyl (C=S) groups is 1. The first-order valence-electron chi connectivity index (χ1n) is 6.30. The molecule has 0 spiro atoms. The van der Waals surface area contributed by atoms with Crippen LogP contribution in [0.25, 0.3) is 0 Å². The Labute approximate surface area is 122 Å². The van der Waals surface area contributed by atoms with Crippen molar-refractivity contribution in [2.75, 3.05) is 31.7 Å². The Balaban J connectivity index is 2.06. The molecule has 7 heteroatoms. The van der Waals surface area contributed by atoms with Crippen LogP contribution in [0.1, 0.15) is 12.1 Å². The van der Waals surface area contributed by atoms with Crippen LogP contribution in [0.4, 0.5) is 5.82 Å². The summed E-state index contributed by atoms with van der Waals surface area (Å²) in [7, 11) is 1.37. The highest BCUT2D eigenvalue weighted by atomic mass is 32.1. The van der Waals surface area contributed by atoms with E-state index in [2.05, 4.69) is 14.6 Å². The predicted octanol–water partition coefficient (Wildman–Crippen LogP) is 0.484. The summed E-state index contributed by atoms with van der Waals surface area (Å²) in [5.41, 5.74) is 6.18. The first-order chi connectivity index (χ1) is 9.60. The Morgan fingerprint density at radius 3 is 3.15 bits per heavy atom. The highest BCUT2D eigenvalue weighted by Gasteiger charge is 2.24. The van der Waals surface area contributed by atoms with Gasteiger partial charge in [0.05, 0.1) is 31.9 Å². The van der Waals surface area contributed by atoms with Gasteiger partial charge in [0.15, 0.2) is 0 Å². The number of nitrogens with two attached hydrogens (primary N) is 1. The van der Waals surface area contributed by atoms with Gasteiger partial charge in [-0.05, 0) is 12.1 Å². The van der Waals surface area contributed by atoms with Crippen molar-refractivity contribution in [2.45, 2.75) is 12.5 Å². The minimum Gasteiger partial charge on any atom is -0.469 e. The molecule has 0 bridgehead atoms. The van der Waals surface area contributed by atoms with Crippen molar-refractivity contribution in [1.82, 2.24) is 4.98 Å². The van der Waals surface area contributed by atoms with E-state index < -0.39 is 0 Å². The molecule has 0 aliphatic carbocycles. The number of hydrogen-bond donors (Lipinski definition) is 1. The number of pyridine rings is 1. The fraction of sp³-hybridized carbons (Fsp3) is 0.462. The molecule has 108 valence electrons. The molecule has 0 radical (unpaired) electrons. The van der Waals surface area contributed by atoms with Crippen LogP contribution in [0.3, 0.4) is 0 Å². The van der Waals surface area contributed by atoms with E-state index in [9.17, 15) is 4.79 Å². The lowest BCUT2D eigenvalue weighted by Crippen LogP contribution is -2.44. The number of ether oxygens (including phenoxy) is 2. The Morgan fingerprint density at radius 2 is 2.45 bits per heavy atom. The number of aromatic nitrogens is 1. The number of rotatable bonds is 4. The number of anilines is 1. The molecule has 20 heavy (non-hydrogen) atoms. The van der Waals surface area contributed by atoms with Crippen LogP contribution in [-0.4, -0.2) is 48.9 Å². The second kappa shape index (κ2) is 6.62. The Hall–Kier alpha value is -1.73. The molecule has 1 aliphatic heterocycles. The van der Waals surface area contributed by atoms with Gasteiger partial charge in [0.1, 0.15) is 10.8 Å². The van der Waals surface area contributed by atoms with Gasteiger partial charge >= 0.3 is 5.97 Å². The van der Waals surface area contributed by atoms with E-state index in [1.54, 1.807) is 6.07 Å². The third kappa shape index (κ3) is 3.64. The Morgan fingerprint density at radius 1 is 1.65 bits per heavy atom. The summed E-state index contributed by atoms with van der Waals surface area (Å²) in [5.74, 6) is 0.509. The van der Waals surface area contributed by atoms with Gasteiger partial charge in [-0.15, -0.1) is 0 Å². The molecule has 0 amide bonds. The number of nitrogens with zero attached hydrogens (tertiary/aromatic N) is 2. The van der Waals surface area contributed by atoms with Crippen LogP contribution >= 0.6 is 12.2 Å². The topological polar surface area (TPSA) is 77.7 Å². The summed E-state index contributed by atoms with van der Waals surface area (Å²) >= 11 is 4.93. The smallest absolute Gasteiger partial charge is 0.308 e. The maximum Gasteiger partial charge on any atom is 0.308 e. The van der Waals surface area contributed by atoms with E-state index in [0.717, 1.165) is 5.82 Å². The molecule has 1 fully saturated rings. The molecule has 1 unspecified atom stereocenters. The van der Waals surface area contributed by atoms with Crippen LogP contribution in [0, 0.1) is 0 Å². The van der Waals surface area contributed by atoms with Crippen LogP contribution in [0.15, 0.2) is 18.2 Å². The van der Waals surface area contributed by atoms with E-state index in [1.807, 2.05) is 12.1 Å². The average Bonchev–Trinajstić information content (AvgIpc) is 2.47. The zero-order valence-electron chi connectivity index (χ0n) is 11.2. The van der Waals surface area contributed by atoms with E-state index in [0.29, 0.717) is 25.4 Å². The number of carbonyl (C=O) groups is 1. The monoisotopic (exact) mass is 295 g/mol. The van der Waals surface area contributed by atoms with Crippen LogP contribution in [-0.2, 0) is 14.3 Å². The Kier molecular flexibility index (Phi) is 4.86. The third-order valence-electron chi connectivity index (χ3n) is 3.07. The van der Waals surface area contributed by atoms with Gasteiger partial charge in [-0.2, -0.15) is 0 Å². The summed E-state index contributed by atoms with van der Waals surface area (Å²) in [6.45, 7) is 1.84. The summed E-state index contributed by atoms with van der Waals surface area (Å²) in [4.78, 5) is 18.0. The van der Waals surface area contributed by atoms with Crippen molar-refractivity contribution >= 4 is 29.0 Å². The third-order valence-corrected chi connectivity index (χ3v) is 3.28. The van der Waals surface area contributed by atoms with E-state index in [1.165, 1.54) is 7.11 Å². The maximum absolute atomic E-state index is 11.3. The molecule has 1 saturated heterocycles. The lowest BCUT2D eigenvalue weighted by Gasteiger charge is -2.33. The molecular formula is C13H17N3O3S. The molecule has 1 aliphatic rings. The van der Waals surface area contributed by atoms with E-state index in [-0.39, 0.29) is 23.5 Å². The van der Waals surface area contributed by atoms with Gasteiger partial charge in [-0.3, -0.25) is 4.79 Å². The highest BCUT2D eigenvalue weighted by Crippen LogP contribution is 2.17. The van der Waals surface area contributed by atoms with Gasteiger partial charge < -0.3 is 20.1 Å². The Bertz CT molecular complexity index is 509. The zero-order chi connectivity index (χ0) is 14.5. The number of methoxy groups -OCH3 is 1. The molecule has 2 N–H and O–H groups in total. The average molecular weight is 295 g/mol. The quantitative estimate of drug-likeness (QED) is 0.639. The number of hydrogen-bond acceptors (Lipinski definition) is 6. The van der Waals surface area contributed by atoms with Crippen molar-refractivity contribution in [1.29, 1.82) is 0 Å². The second-order valence-electron chi connectivity index (χ2n) is 4.46. The summed E-state index contributed by atoms with van der Waals surface area (Å²) < 4.78 is 10.2. The lowest BCUT2D eigenvalue weighted by molar-refractivity contribution is -0.144. The van der Waals surface area contributed by atoms with Crippen LogP contribution in [0.2, 0.25) is 0 Å². The SMILES string of the molecule is COC(=O)CC1CN(c2cccc(C(N)=S)n2)CCO1. The first-order valence-corrected chi connectivity index (χ1v) is 6.71. The van der Waals surface area contributed by atoms with Crippen molar-refractivity contribution in [3.05, 3.63) is 23.9 Å². The van der Waals surface area contributed by atoms with Crippen molar-refractivity contribution in [3.8, 4) is 0 Å². The van der Waals surface area contributed by atoms with Crippen LogP contribution in [0.5, 0.6) is 0 Å². The van der Waals surface area contributed by atoms with Gasteiger partial charge in [-0.25, -0.2) is 4.98 Å². The molecule has 1 atom stereocenters. The maximum atomic E-state index is 11.3. The van der Waals surface area contributed by atoms with E-state index in [4.69, 9.17) is 22.7 Å². The molecule has 0 aromatic carbocycles. The normalized spacial score (nSPS) is 18.6. The molecule has 1 aromatic rings. The standard InChI is InChI=1S/C13H17N3O3S/c1-18-12(17)7-9-8-16(5-6-19-9)11-4-2-3-10(15-11)13(14)20/h2-4,9H,5-8H2,1H3,(H2,14,20). The van der Waals surface area contributed by atoms with Gasteiger partial charge in [-0.1, -0.05) is 18.3 Å². The molecule has 1 aromatic heterocycles. The molecule has 2 rings (SSSR count). The number of carbonyl (C=O) groups excluding carboxylic acids is 1. The second-order valence-corrected chi connectivity index (χ2v) is 4.90. The highest BCUT2D eigenvalue weighted by molar-refractivity contribution is 7.80. The minimum atomic E-state index is -0.276. The largest absolute Gasteiger partial charge is 0.469 e. The first kappa shape index (κ1) is 14.7.